The molecule has 0 saturated carbocycles. The number of rotatable bonds is 6. The first-order chi connectivity index (χ1) is 8.66. The van der Waals surface area contributed by atoms with Crippen LogP contribution in [0.2, 0.25) is 0 Å². The molecule has 96 valence electrons. The van der Waals surface area contributed by atoms with Crippen molar-refractivity contribution in [1.82, 2.24) is 0 Å². The van der Waals surface area contributed by atoms with Gasteiger partial charge in [0.1, 0.15) is 12.4 Å². The fourth-order valence-electron chi connectivity index (χ4n) is 1.52. The zero-order valence-electron chi connectivity index (χ0n) is 9.78. The summed E-state index contributed by atoms with van der Waals surface area (Å²) in [5, 5.41) is 3.75. The van der Waals surface area contributed by atoms with Gasteiger partial charge < -0.3 is 4.74 Å². The summed E-state index contributed by atoms with van der Waals surface area (Å²) in [5.41, 5.74) is 0.813. The Bertz CT molecular complexity index is 560. The van der Waals surface area contributed by atoms with Gasteiger partial charge in [-0.15, -0.1) is 11.3 Å². The molecule has 1 aromatic carbocycles. The molecule has 0 N–H and O–H groups in total. The highest BCUT2D eigenvalue weighted by Gasteiger charge is 2.12. The van der Waals surface area contributed by atoms with Crippen LogP contribution in [0.1, 0.15) is 5.56 Å². The van der Waals surface area contributed by atoms with Crippen LogP contribution >= 0.6 is 11.3 Å². The van der Waals surface area contributed by atoms with Gasteiger partial charge in [0.25, 0.3) is 0 Å². The van der Waals surface area contributed by atoms with Crippen LogP contribution in [0.15, 0.2) is 47.2 Å². The third-order valence-corrected chi connectivity index (χ3v) is 4.61. The van der Waals surface area contributed by atoms with Gasteiger partial charge in [0.2, 0.25) is 0 Å². The number of sulfone groups is 1. The van der Waals surface area contributed by atoms with Gasteiger partial charge in [-0.05, 0) is 17.0 Å². The third-order valence-electron chi connectivity index (χ3n) is 2.39. The molecule has 0 unspecified atom stereocenters. The summed E-state index contributed by atoms with van der Waals surface area (Å²) in [6.07, 6.45) is 0. The highest BCUT2D eigenvalue weighted by atomic mass is 32.2. The summed E-state index contributed by atoms with van der Waals surface area (Å²) in [7, 11) is -3.11. The van der Waals surface area contributed by atoms with E-state index >= 15 is 0 Å². The van der Waals surface area contributed by atoms with Crippen molar-refractivity contribution in [3.05, 3.63) is 52.7 Å². The lowest BCUT2D eigenvalue weighted by Crippen LogP contribution is -2.15. The quantitative estimate of drug-likeness (QED) is 0.818. The van der Waals surface area contributed by atoms with Gasteiger partial charge in [0.05, 0.1) is 11.5 Å². The minimum Gasteiger partial charge on any atom is -0.492 e. The van der Waals surface area contributed by atoms with Crippen LogP contribution in [-0.2, 0) is 15.6 Å². The van der Waals surface area contributed by atoms with E-state index in [1.807, 2.05) is 47.2 Å². The molecular weight excluding hydrogens is 268 g/mol. The topological polar surface area (TPSA) is 43.4 Å². The van der Waals surface area contributed by atoms with E-state index in [0.717, 1.165) is 11.3 Å². The summed E-state index contributed by atoms with van der Waals surface area (Å²) in [6, 6.07) is 11.0. The average molecular weight is 282 g/mol. The second-order valence-electron chi connectivity index (χ2n) is 3.89. The Morgan fingerprint density at radius 1 is 1.11 bits per heavy atom. The first-order valence-electron chi connectivity index (χ1n) is 5.55. The summed E-state index contributed by atoms with van der Waals surface area (Å²) >= 11 is 1.53. The third kappa shape index (κ3) is 4.16. The molecule has 3 nitrogen and oxygen atoms in total. The van der Waals surface area contributed by atoms with Crippen molar-refractivity contribution >= 4 is 21.2 Å². The Morgan fingerprint density at radius 2 is 1.89 bits per heavy atom. The van der Waals surface area contributed by atoms with Crippen molar-refractivity contribution in [1.29, 1.82) is 0 Å². The molecule has 0 atom stereocenters. The van der Waals surface area contributed by atoms with Crippen LogP contribution in [0.5, 0.6) is 5.75 Å². The average Bonchev–Trinajstić information content (AvgIpc) is 2.82. The molecule has 0 aliphatic carbocycles. The highest BCUT2D eigenvalue weighted by molar-refractivity contribution is 7.90. The van der Waals surface area contributed by atoms with Gasteiger partial charge in [-0.3, -0.25) is 0 Å². The van der Waals surface area contributed by atoms with E-state index in [9.17, 15) is 8.42 Å². The van der Waals surface area contributed by atoms with Gasteiger partial charge >= 0.3 is 0 Å². The first kappa shape index (κ1) is 13.1. The molecule has 1 heterocycles. The molecule has 5 heteroatoms. The summed E-state index contributed by atoms with van der Waals surface area (Å²) in [6.45, 7) is 0.200. The number of ether oxygens (including phenoxy) is 1. The summed E-state index contributed by atoms with van der Waals surface area (Å²) < 4.78 is 29.1. The van der Waals surface area contributed by atoms with Crippen LogP contribution in [0.25, 0.3) is 0 Å². The van der Waals surface area contributed by atoms with Crippen LogP contribution in [0.4, 0.5) is 0 Å². The van der Waals surface area contributed by atoms with Crippen molar-refractivity contribution in [2.75, 3.05) is 12.4 Å². The van der Waals surface area contributed by atoms with Gasteiger partial charge in [0.15, 0.2) is 9.84 Å². The normalized spacial score (nSPS) is 11.3. The van der Waals surface area contributed by atoms with Crippen molar-refractivity contribution in [3.8, 4) is 5.75 Å². The zero-order valence-corrected chi connectivity index (χ0v) is 11.4. The lowest BCUT2D eigenvalue weighted by molar-refractivity contribution is 0.342. The van der Waals surface area contributed by atoms with Gasteiger partial charge in [-0.25, -0.2) is 8.42 Å². The molecule has 0 amide bonds. The molecule has 18 heavy (non-hydrogen) atoms. The summed E-state index contributed by atoms with van der Waals surface area (Å²) in [5.74, 6) is 0.841. The molecule has 0 fully saturated rings. The number of thiophene rings is 1. The summed E-state index contributed by atoms with van der Waals surface area (Å²) in [4.78, 5) is 0. The lowest BCUT2D eigenvalue weighted by Gasteiger charge is -2.05. The maximum Gasteiger partial charge on any atom is 0.157 e. The second-order valence-corrected chi connectivity index (χ2v) is 6.85. The molecule has 2 rings (SSSR count). The van der Waals surface area contributed by atoms with Crippen LogP contribution in [0, 0.1) is 0 Å². The minimum atomic E-state index is -3.11. The van der Waals surface area contributed by atoms with E-state index in [0.29, 0.717) is 0 Å². The van der Waals surface area contributed by atoms with Gasteiger partial charge in [-0.2, -0.15) is 0 Å². The molecule has 0 radical (unpaired) electrons. The molecular formula is C13H14O3S2. The predicted molar refractivity (Wildman–Crippen MR) is 73.7 cm³/mol. The van der Waals surface area contributed by atoms with Crippen molar-refractivity contribution in [2.24, 2.45) is 0 Å². The van der Waals surface area contributed by atoms with E-state index in [1.54, 1.807) is 0 Å². The van der Waals surface area contributed by atoms with Gasteiger partial charge in [-0.1, -0.05) is 30.3 Å². The Balaban J connectivity index is 1.84. The maximum atomic E-state index is 11.9. The van der Waals surface area contributed by atoms with Crippen LogP contribution in [0.3, 0.4) is 0 Å². The molecule has 0 aliphatic rings. The van der Waals surface area contributed by atoms with E-state index in [1.165, 1.54) is 11.3 Å². The molecule has 2 aromatic rings. The molecule has 0 saturated heterocycles. The Hall–Kier alpha value is -1.33. The highest BCUT2D eigenvalue weighted by Crippen LogP contribution is 2.15. The van der Waals surface area contributed by atoms with E-state index in [-0.39, 0.29) is 18.1 Å². The minimum absolute atomic E-state index is 0.0394. The van der Waals surface area contributed by atoms with Crippen molar-refractivity contribution < 1.29 is 13.2 Å². The number of benzene rings is 1. The zero-order chi connectivity index (χ0) is 12.8. The van der Waals surface area contributed by atoms with E-state index in [2.05, 4.69) is 0 Å². The number of hydrogen-bond donors (Lipinski definition) is 0. The maximum absolute atomic E-state index is 11.9. The SMILES string of the molecule is O=S(=O)(CCOc1ccsc1)Cc1ccccc1. The fraction of sp³-hybridized carbons (Fsp3) is 0.231. The molecule has 1 aromatic heterocycles. The fourth-order valence-corrected chi connectivity index (χ4v) is 3.27. The van der Waals surface area contributed by atoms with Gasteiger partial charge in [0, 0.05) is 5.38 Å². The monoisotopic (exact) mass is 282 g/mol. The first-order valence-corrected chi connectivity index (χ1v) is 8.31. The van der Waals surface area contributed by atoms with Crippen LogP contribution in [-0.4, -0.2) is 20.8 Å². The van der Waals surface area contributed by atoms with Crippen molar-refractivity contribution in [2.45, 2.75) is 5.75 Å². The smallest absolute Gasteiger partial charge is 0.157 e. The molecule has 0 spiro atoms. The predicted octanol–water partition coefficient (Wildman–Crippen LogP) is 2.74. The standard InChI is InChI=1S/C13H14O3S2/c14-18(15,11-12-4-2-1-3-5-12)9-7-16-13-6-8-17-10-13/h1-6,8,10H,7,9,11H2. The Kier molecular flexibility index (Phi) is 4.38. The Labute approximate surface area is 111 Å². The largest absolute Gasteiger partial charge is 0.492 e. The molecule has 0 aliphatic heterocycles. The molecule has 0 bridgehead atoms. The Morgan fingerprint density at radius 3 is 2.56 bits per heavy atom. The lowest BCUT2D eigenvalue weighted by atomic mass is 10.2. The van der Waals surface area contributed by atoms with Crippen LogP contribution < -0.4 is 4.74 Å². The van der Waals surface area contributed by atoms with Crippen molar-refractivity contribution in [3.63, 3.8) is 0 Å². The van der Waals surface area contributed by atoms with E-state index in [4.69, 9.17) is 4.74 Å². The number of hydrogen-bond acceptors (Lipinski definition) is 4. The second kappa shape index (κ2) is 6.02. The van der Waals surface area contributed by atoms with E-state index < -0.39 is 9.84 Å².